The van der Waals surface area contributed by atoms with Crippen molar-refractivity contribution in [1.29, 1.82) is 0 Å². The van der Waals surface area contributed by atoms with E-state index in [4.69, 9.17) is 9.84 Å². The van der Waals surface area contributed by atoms with Gasteiger partial charge in [-0.25, -0.2) is 0 Å². The normalized spacial score (nSPS) is 20.6. The van der Waals surface area contributed by atoms with Crippen molar-refractivity contribution in [3.63, 3.8) is 0 Å². The van der Waals surface area contributed by atoms with Crippen molar-refractivity contribution in [3.05, 3.63) is 65.7 Å². The Hall–Kier alpha value is -2.29. The lowest BCUT2D eigenvalue weighted by atomic mass is 9.88. The molecular weight excluding hydrogens is 240 g/mol. The molecule has 19 heavy (non-hydrogen) atoms. The van der Waals surface area contributed by atoms with Gasteiger partial charge in [-0.3, -0.25) is 4.79 Å². The van der Waals surface area contributed by atoms with Crippen molar-refractivity contribution in [2.75, 3.05) is 0 Å². The quantitative estimate of drug-likeness (QED) is 0.913. The number of carbonyl (C=O) groups is 1. The van der Waals surface area contributed by atoms with Gasteiger partial charge in [-0.1, -0.05) is 48.5 Å². The van der Waals surface area contributed by atoms with E-state index >= 15 is 0 Å². The second kappa shape index (κ2) is 4.76. The summed E-state index contributed by atoms with van der Waals surface area (Å²) >= 11 is 0. The number of fused-ring (bicyclic) bond motifs is 1. The third-order valence-electron chi connectivity index (χ3n) is 3.46. The van der Waals surface area contributed by atoms with Crippen LogP contribution in [-0.2, 0) is 4.79 Å². The third-order valence-corrected chi connectivity index (χ3v) is 3.46. The largest absolute Gasteiger partial charge is 0.485 e. The number of carboxylic acids is 1. The maximum Gasteiger partial charge on any atom is 0.304 e. The molecule has 0 radical (unpaired) electrons. The maximum atomic E-state index is 11.1. The van der Waals surface area contributed by atoms with Gasteiger partial charge in [-0.15, -0.1) is 0 Å². The van der Waals surface area contributed by atoms with Gasteiger partial charge in [-0.05, 0) is 11.6 Å². The number of para-hydroxylation sites is 1. The van der Waals surface area contributed by atoms with Gasteiger partial charge >= 0.3 is 5.97 Å². The van der Waals surface area contributed by atoms with Gasteiger partial charge in [0.15, 0.2) is 0 Å². The van der Waals surface area contributed by atoms with E-state index in [1.54, 1.807) is 0 Å². The van der Waals surface area contributed by atoms with Gasteiger partial charge < -0.3 is 9.84 Å². The van der Waals surface area contributed by atoms with Gasteiger partial charge in [0.1, 0.15) is 11.9 Å². The van der Waals surface area contributed by atoms with Crippen molar-refractivity contribution in [3.8, 4) is 5.75 Å². The minimum Gasteiger partial charge on any atom is -0.485 e. The molecule has 2 aromatic rings. The molecule has 96 valence electrons. The van der Waals surface area contributed by atoms with Crippen LogP contribution in [0.1, 0.15) is 29.6 Å². The Morgan fingerprint density at radius 1 is 1.05 bits per heavy atom. The number of carboxylic acid groups (broad SMARTS) is 1. The Morgan fingerprint density at radius 3 is 2.47 bits per heavy atom. The minimum atomic E-state index is -0.800. The zero-order valence-electron chi connectivity index (χ0n) is 10.3. The number of benzene rings is 2. The fourth-order valence-electron chi connectivity index (χ4n) is 2.62. The van der Waals surface area contributed by atoms with Crippen LogP contribution in [0.5, 0.6) is 5.75 Å². The Bertz CT molecular complexity index is 592. The van der Waals surface area contributed by atoms with Crippen molar-refractivity contribution in [1.82, 2.24) is 0 Å². The summed E-state index contributed by atoms with van der Waals surface area (Å²) in [4.78, 5) is 11.1. The summed E-state index contributed by atoms with van der Waals surface area (Å²) in [6.07, 6.45) is -0.133. The van der Waals surface area contributed by atoms with Crippen molar-refractivity contribution in [2.45, 2.75) is 18.4 Å². The summed E-state index contributed by atoms with van der Waals surface area (Å²) in [5, 5.41) is 9.11. The van der Waals surface area contributed by atoms with Gasteiger partial charge in [0.25, 0.3) is 0 Å². The van der Waals surface area contributed by atoms with E-state index in [9.17, 15) is 4.79 Å². The predicted molar refractivity (Wildman–Crippen MR) is 71.2 cm³/mol. The molecule has 1 aliphatic rings. The fourth-order valence-corrected chi connectivity index (χ4v) is 2.62. The summed E-state index contributed by atoms with van der Waals surface area (Å²) in [5.74, 6) is -0.134. The summed E-state index contributed by atoms with van der Waals surface area (Å²) in [6.45, 7) is 0. The molecule has 2 aromatic carbocycles. The van der Waals surface area contributed by atoms with Gasteiger partial charge in [0.2, 0.25) is 0 Å². The van der Waals surface area contributed by atoms with Crippen LogP contribution in [0.25, 0.3) is 0 Å². The lowest BCUT2D eigenvalue weighted by Gasteiger charge is -2.18. The van der Waals surface area contributed by atoms with E-state index in [-0.39, 0.29) is 18.4 Å². The summed E-state index contributed by atoms with van der Waals surface area (Å²) in [5.41, 5.74) is 2.00. The van der Waals surface area contributed by atoms with Crippen LogP contribution in [0.3, 0.4) is 0 Å². The zero-order chi connectivity index (χ0) is 13.2. The van der Waals surface area contributed by atoms with Gasteiger partial charge in [0, 0.05) is 11.5 Å². The molecule has 0 saturated heterocycles. The SMILES string of the molecule is O=C(O)C[C@@H]1c2ccccc2O[C@H]1c1ccccc1. The fraction of sp³-hybridized carbons (Fsp3) is 0.188. The Labute approximate surface area is 111 Å². The first-order valence-electron chi connectivity index (χ1n) is 6.28. The Morgan fingerprint density at radius 2 is 1.74 bits per heavy atom. The molecule has 0 spiro atoms. The minimum absolute atomic E-state index is 0.0799. The first-order valence-corrected chi connectivity index (χ1v) is 6.28. The average Bonchev–Trinajstić information content (AvgIpc) is 2.78. The van der Waals surface area contributed by atoms with E-state index < -0.39 is 5.97 Å². The lowest BCUT2D eigenvalue weighted by Crippen LogP contribution is -2.13. The first-order chi connectivity index (χ1) is 9.25. The monoisotopic (exact) mass is 254 g/mol. The molecule has 0 unspecified atom stereocenters. The van der Waals surface area contributed by atoms with Gasteiger partial charge in [-0.2, -0.15) is 0 Å². The number of ether oxygens (including phenoxy) is 1. The van der Waals surface area contributed by atoms with E-state index in [0.29, 0.717) is 0 Å². The average molecular weight is 254 g/mol. The van der Waals surface area contributed by atoms with Crippen molar-refractivity contribution >= 4 is 5.97 Å². The highest BCUT2D eigenvalue weighted by molar-refractivity contribution is 5.69. The summed E-state index contributed by atoms with van der Waals surface area (Å²) in [6, 6.07) is 17.5. The van der Waals surface area contributed by atoms with E-state index in [1.807, 2.05) is 54.6 Å². The van der Waals surface area contributed by atoms with Crippen LogP contribution >= 0.6 is 0 Å². The molecule has 1 aliphatic heterocycles. The van der Waals surface area contributed by atoms with Crippen LogP contribution in [0.4, 0.5) is 0 Å². The standard InChI is InChI=1S/C16H14O3/c17-15(18)10-13-12-8-4-5-9-14(12)19-16(13)11-6-2-1-3-7-11/h1-9,13,16H,10H2,(H,17,18)/t13-,16+/m1/s1. The number of hydrogen-bond acceptors (Lipinski definition) is 2. The molecule has 2 atom stereocenters. The number of hydrogen-bond donors (Lipinski definition) is 1. The molecule has 0 saturated carbocycles. The maximum absolute atomic E-state index is 11.1. The van der Waals surface area contributed by atoms with Crippen LogP contribution in [0.15, 0.2) is 54.6 Å². The highest BCUT2D eigenvalue weighted by atomic mass is 16.5. The molecule has 1 N–H and O–H groups in total. The van der Waals surface area contributed by atoms with Crippen LogP contribution in [0, 0.1) is 0 Å². The molecule has 0 aromatic heterocycles. The molecule has 0 fully saturated rings. The van der Waals surface area contributed by atoms with Crippen LogP contribution in [-0.4, -0.2) is 11.1 Å². The van der Waals surface area contributed by atoms with E-state index in [2.05, 4.69) is 0 Å². The second-order valence-electron chi connectivity index (χ2n) is 4.69. The smallest absolute Gasteiger partial charge is 0.304 e. The predicted octanol–water partition coefficient (Wildman–Crippen LogP) is 3.38. The van der Waals surface area contributed by atoms with Gasteiger partial charge in [0.05, 0.1) is 6.42 Å². The highest BCUT2D eigenvalue weighted by Crippen LogP contribution is 2.47. The first kappa shape index (κ1) is 11.8. The van der Waals surface area contributed by atoms with Crippen LogP contribution < -0.4 is 4.74 Å². The highest BCUT2D eigenvalue weighted by Gasteiger charge is 2.36. The molecule has 0 bridgehead atoms. The molecule has 3 nitrogen and oxygen atoms in total. The molecule has 0 aliphatic carbocycles. The molecular formula is C16H14O3. The molecule has 3 heteroatoms. The molecule has 0 amide bonds. The molecule has 3 rings (SSSR count). The zero-order valence-corrected chi connectivity index (χ0v) is 10.3. The Balaban J connectivity index is 2.00. The summed E-state index contributed by atoms with van der Waals surface area (Å²) in [7, 11) is 0. The summed E-state index contributed by atoms with van der Waals surface area (Å²) < 4.78 is 5.94. The van der Waals surface area contributed by atoms with E-state index in [1.165, 1.54) is 0 Å². The topological polar surface area (TPSA) is 46.5 Å². The lowest BCUT2D eigenvalue weighted by molar-refractivity contribution is -0.137. The molecule has 1 heterocycles. The van der Waals surface area contributed by atoms with Crippen molar-refractivity contribution < 1.29 is 14.6 Å². The third kappa shape index (κ3) is 2.19. The van der Waals surface area contributed by atoms with Crippen LogP contribution in [0.2, 0.25) is 0 Å². The number of aliphatic carboxylic acids is 1. The second-order valence-corrected chi connectivity index (χ2v) is 4.69. The van der Waals surface area contributed by atoms with Crippen molar-refractivity contribution in [2.24, 2.45) is 0 Å². The Kier molecular flexibility index (Phi) is 2.95. The van der Waals surface area contributed by atoms with E-state index in [0.717, 1.165) is 16.9 Å². The number of rotatable bonds is 3.